The number of likely N-dealkylation sites (tertiary alicyclic amines) is 1. The lowest BCUT2D eigenvalue weighted by atomic mass is 9.98. The molecule has 5 heteroatoms. The van der Waals surface area contributed by atoms with Crippen molar-refractivity contribution in [1.29, 1.82) is 0 Å². The van der Waals surface area contributed by atoms with Crippen molar-refractivity contribution in [3.05, 3.63) is 41.7 Å². The molecule has 0 N–H and O–H groups in total. The van der Waals surface area contributed by atoms with Crippen LogP contribution in [0, 0.1) is 5.92 Å². The van der Waals surface area contributed by atoms with Crippen molar-refractivity contribution >= 4 is 0 Å². The molecule has 0 amide bonds. The topological polar surface area (TPSA) is 39.5 Å². The molecule has 0 radical (unpaired) electrons. The lowest BCUT2D eigenvalue weighted by Crippen LogP contribution is -2.37. The Hall–Kier alpha value is -2.01. The normalized spacial score (nSPS) is 20.9. The maximum Gasteiger partial charge on any atom is 0.122 e. The third kappa shape index (κ3) is 4.04. The summed E-state index contributed by atoms with van der Waals surface area (Å²) in [5.41, 5.74) is 2.88. The van der Waals surface area contributed by atoms with Gasteiger partial charge in [0.05, 0.1) is 19.9 Å². The first kappa shape index (κ1) is 17.4. The van der Waals surface area contributed by atoms with E-state index in [2.05, 4.69) is 27.9 Å². The highest BCUT2D eigenvalue weighted by Gasteiger charge is 2.30. The van der Waals surface area contributed by atoms with Gasteiger partial charge in [-0.05, 0) is 44.4 Å². The summed E-state index contributed by atoms with van der Waals surface area (Å²) in [4.78, 5) is 2.58. The van der Waals surface area contributed by atoms with Crippen molar-refractivity contribution in [2.45, 2.75) is 38.1 Å². The fourth-order valence-corrected chi connectivity index (χ4v) is 4.07. The average molecular weight is 355 g/mol. The Labute approximate surface area is 155 Å². The third-order valence-corrected chi connectivity index (χ3v) is 5.55. The number of aromatic nitrogens is 2. The Kier molecular flexibility index (Phi) is 5.16. The maximum atomic E-state index is 6.04. The number of hydrogen-bond acceptors (Lipinski definition) is 4. The molecule has 2 heterocycles. The molecule has 0 bridgehead atoms. The van der Waals surface area contributed by atoms with Gasteiger partial charge in [0.25, 0.3) is 0 Å². The van der Waals surface area contributed by atoms with Crippen LogP contribution in [0.25, 0.3) is 0 Å². The fourth-order valence-electron chi connectivity index (χ4n) is 4.07. The van der Waals surface area contributed by atoms with E-state index in [9.17, 15) is 0 Å². The summed E-state index contributed by atoms with van der Waals surface area (Å²) in [7, 11) is 3.77. The highest BCUT2D eigenvalue weighted by molar-refractivity contribution is 5.32. The van der Waals surface area contributed by atoms with Crippen molar-refractivity contribution in [2.75, 3.05) is 26.8 Å². The quantitative estimate of drug-likeness (QED) is 0.761. The van der Waals surface area contributed by atoms with Crippen LogP contribution in [0.4, 0.5) is 0 Å². The minimum Gasteiger partial charge on any atom is -0.497 e. The number of rotatable bonds is 7. The lowest BCUT2D eigenvalue weighted by molar-refractivity contribution is 0.124. The van der Waals surface area contributed by atoms with Crippen LogP contribution in [-0.4, -0.2) is 41.5 Å². The maximum absolute atomic E-state index is 6.04. The monoisotopic (exact) mass is 355 g/mol. The molecule has 1 saturated heterocycles. The van der Waals surface area contributed by atoms with Crippen LogP contribution in [0.2, 0.25) is 0 Å². The first-order valence-electron chi connectivity index (χ1n) is 9.73. The van der Waals surface area contributed by atoms with E-state index in [0.29, 0.717) is 5.92 Å². The first-order valence-corrected chi connectivity index (χ1v) is 9.73. The summed E-state index contributed by atoms with van der Waals surface area (Å²) in [6.45, 7) is 4.07. The van der Waals surface area contributed by atoms with Gasteiger partial charge in [-0.15, -0.1) is 0 Å². The van der Waals surface area contributed by atoms with Gasteiger partial charge in [-0.25, -0.2) is 0 Å². The molecule has 1 aromatic heterocycles. The zero-order chi connectivity index (χ0) is 17.9. The van der Waals surface area contributed by atoms with Crippen molar-refractivity contribution in [1.82, 2.24) is 14.7 Å². The second-order valence-corrected chi connectivity index (χ2v) is 7.69. The molecule has 1 saturated carbocycles. The molecular formula is C21H29N3O2. The van der Waals surface area contributed by atoms with Crippen molar-refractivity contribution in [2.24, 2.45) is 13.0 Å². The zero-order valence-corrected chi connectivity index (χ0v) is 15.9. The number of methoxy groups -OCH3 is 1. The summed E-state index contributed by atoms with van der Waals surface area (Å²) in [6, 6.07) is 7.88. The molecule has 0 spiro atoms. The number of ether oxygens (including phenoxy) is 2. The summed E-state index contributed by atoms with van der Waals surface area (Å²) in [5, 5.41) is 4.51. The van der Waals surface area contributed by atoms with Gasteiger partial charge in [0.15, 0.2) is 0 Å². The molecule has 140 valence electrons. The van der Waals surface area contributed by atoms with E-state index >= 15 is 0 Å². The van der Waals surface area contributed by atoms with E-state index in [1.54, 1.807) is 7.11 Å². The van der Waals surface area contributed by atoms with Gasteiger partial charge in [0.1, 0.15) is 11.5 Å². The minimum absolute atomic E-state index is 0.580. The van der Waals surface area contributed by atoms with E-state index in [1.807, 2.05) is 24.3 Å². The number of hydrogen-bond donors (Lipinski definition) is 0. The van der Waals surface area contributed by atoms with Crippen LogP contribution in [0.1, 0.15) is 42.9 Å². The predicted molar refractivity (Wildman–Crippen MR) is 102 cm³/mol. The van der Waals surface area contributed by atoms with Gasteiger partial charge in [-0.1, -0.05) is 6.07 Å². The Morgan fingerprint density at radius 3 is 2.85 bits per heavy atom. The molecule has 1 atom stereocenters. The molecular weight excluding hydrogens is 326 g/mol. The largest absolute Gasteiger partial charge is 0.497 e. The Morgan fingerprint density at radius 1 is 1.19 bits per heavy atom. The minimum atomic E-state index is 0.580. The standard InChI is InChI=1S/C21H29N3O2/c1-23-21(17-8-9-17)18(12-22-23)14-24-10-4-5-16(13-24)15-26-20-7-3-6-19(11-20)25-2/h3,6-7,11-12,16-17H,4-5,8-10,13-15H2,1-2H3/t16-/m1/s1. The van der Waals surface area contributed by atoms with Crippen molar-refractivity contribution in [3.8, 4) is 11.5 Å². The van der Waals surface area contributed by atoms with E-state index in [-0.39, 0.29) is 0 Å². The van der Waals surface area contributed by atoms with Crippen LogP contribution in [0.3, 0.4) is 0 Å². The molecule has 5 nitrogen and oxygen atoms in total. The SMILES string of the molecule is COc1cccc(OC[C@@H]2CCCN(Cc3cnn(C)c3C3CC3)C2)c1. The lowest BCUT2D eigenvalue weighted by Gasteiger charge is -2.32. The molecule has 1 aliphatic carbocycles. The number of benzene rings is 1. The van der Waals surface area contributed by atoms with Crippen LogP contribution in [0.15, 0.2) is 30.5 Å². The Morgan fingerprint density at radius 2 is 2.04 bits per heavy atom. The smallest absolute Gasteiger partial charge is 0.122 e. The van der Waals surface area contributed by atoms with Crippen molar-refractivity contribution < 1.29 is 9.47 Å². The van der Waals surface area contributed by atoms with E-state index in [4.69, 9.17) is 9.47 Å². The predicted octanol–water partition coefficient (Wildman–Crippen LogP) is 3.60. The van der Waals surface area contributed by atoms with E-state index < -0.39 is 0 Å². The average Bonchev–Trinajstić information content (AvgIpc) is 3.44. The van der Waals surface area contributed by atoms with Crippen LogP contribution < -0.4 is 9.47 Å². The Bertz CT molecular complexity index is 739. The van der Waals surface area contributed by atoms with Gasteiger partial charge < -0.3 is 9.47 Å². The Balaban J connectivity index is 1.32. The third-order valence-electron chi connectivity index (χ3n) is 5.55. The second-order valence-electron chi connectivity index (χ2n) is 7.69. The summed E-state index contributed by atoms with van der Waals surface area (Å²) < 4.78 is 13.4. The van der Waals surface area contributed by atoms with Crippen LogP contribution >= 0.6 is 0 Å². The number of piperidine rings is 1. The van der Waals surface area contributed by atoms with Crippen molar-refractivity contribution in [3.63, 3.8) is 0 Å². The second kappa shape index (κ2) is 7.70. The fraction of sp³-hybridized carbons (Fsp3) is 0.571. The first-order chi connectivity index (χ1) is 12.7. The van der Waals surface area contributed by atoms with Gasteiger partial charge in [-0.2, -0.15) is 5.10 Å². The summed E-state index contributed by atoms with van der Waals surface area (Å²) in [5.74, 6) is 3.06. The molecule has 1 aliphatic heterocycles. The van der Waals surface area contributed by atoms with Crippen LogP contribution in [-0.2, 0) is 13.6 Å². The highest BCUT2D eigenvalue weighted by Crippen LogP contribution is 2.41. The molecule has 0 unspecified atom stereocenters. The number of aryl methyl sites for hydroxylation is 1. The summed E-state index contributed by atoms with van der Waals surface area (Å²) >= 11 is 0. The van der Waals surface area contributed by atoms with E-state index in [0.717, 1.165) is 37.1 Å². The molecule has 2 fully saturated rings. The van der Waals surface area contributed by atoms with Gasteiger partial charge in [0.2, 0.25) is 0 Å². The summed E-state index contributed by atoms with van der Waals surface area (Å²) in [6.07, 6.45) is 7.20. The zero-order valence-electron chi connectivity index (χ0n) is 15.9. The van der Waals surface area contributed by atoms with Gasteiger partial charge in [-0.3, -0.25) is 9.58 Å². The molecule has 26 heavy (non-hydrogen) atoms. The highest BCUT2D eigenvalue weighted by atomic mass is 16.5. The molecule has 2 aliphatic rings. The number of nitrogens with zero attached hydrogens (tertiary/aromatic N) is 3. The van der Waals surface area contributed by atoms with E-state index in [1.165, 1.54) is 43.5 Å². The van der Waals surface area contributed by atoms with Gasteiger partial charge in [0, 0.05) is 49.3 Å². The molecule has 1 aromatic carbocycles. The molecule has 2 aromatic rings. The van der Waals surface area contributed by atoms with Gasteiger partial charge >= 0.3 is 0 Å². The molecule has 4 rings (SSSR count). The van der Waals surface area contributed by atoms with Crippen LogP contribution in [0.5, 0.6) is 11.5 Å².